The van der Waals surface area contributed by atoms with Gasteiger partial charge in [-0.05, 0) is 31.4 Å². The molecule has 90 valence electrons. The number of benzene rings is 1. The Kier molecular flexibility index (Phi) is 3.85. The van der Waals surface area contributed by atoms with Gasteiger partial charge in [0.25, 0.3) is 0 Å². The third-order valence-corrected chi connectivity index (χ3v) is 3.52. The molecule has 1 fully saturated rings. The maximum Gasteiger partial charge on any atom is 0.231 e. The molecule has 0 aliphatic heterocycles. The van der Waals surface area contributed by atoms with Gasteiger partial charge < -0.3 is 5.32 Å². The molecule has 1 amide bonds. The lowest BCUT2D eigenvalue weighted by Crippen LogP contribution is -2.29. The van der Waals surface area contributed by atoms with Crippen LogP contribution in [0.15, 0.2) is 42.5 Å². The fraction of sp³-hybridized carbons (Fsp3) is 0.357. The summed E-state index contributed by atoms with van der Waals surface area (Å²) in [7, 11) is 0. The van der Waals surface area contributed by atoms with E-state index in [1.165, 1.54) is 0 Å². The first-order chi connectivity index (χ1) is 8.16. The lowest BCUT2D eigenvalue weighted by atomic mass is 9.84. The van der Waals surface area contributed by atoms with E-state index < -0.39 is 0 Å². The second-order valence-corrected chi connectivity index (χ2v) is 5.05. The van der Waals surface area contributed by atoms with Gasteiger partial charge in [0, 0.05) is 11.1 Å². The van der Waals surface area contributed by atoms with Crippen molar-refractivity contribution in [3.05, 3.63) is 42.5 Å². The van der Waals surface area contributed by atoms with Crippen LogP contribution in [-0.2, 0) is 4.79 Å². The highest BCUT2D eigenvalue weighted by molar-refractivity contribution is 6.20. The molecule has 2 atom stereocenters. The highest BCUT2D eigenvalue weighted by Crippen LogP contribution is 2.32. The fourth-order valence-electron chi connectivity index (χ4n) is 2.10. The number of para-hydroxylation sites is 1. The van der Waals surface area contributed by atoms with Gasteiger partial charge in [0.2, 0.25) is 5.91 Å². The average molecular weight is 250 g/mol. The third kappa shape index (κ3) is 3.10. The second-order valence-electron chi connectivity index (χ2n) is 4.44. The van der Waals surface area contributed by atoms with Crippen molar-refractivity contribution in [3.63, 3.8) is 0 Å². The lowest BCUT2D eigenvalue weighted by molar-refractivity contribution is -0.119. The lowest BCUT2D eigenvalue weighted by Gasteiger charge is -2.26. The molecule has 3 heteroatoms. The maximum absolute atomic E-state index is 12.1. The van der Waals surface area contributed by atoms with E-state index in [0.29, 0.717) is 6.42 Å². The minimum Gasteiger partial charge on any atom is -0.326 e. The van der Waals surface area contributed by atoms with Crippen LogP contribution in [0.3, 0.4) is 0 Å². The largest absolute Gasteiger partial charge is 0.326 e. The van der Waals surface area contributed by atoms with E-state index >= 15 is 0 Å². The normalized spacial score (nSPS) is 24.4. The van der Waals surface area contributed by atoms with Crippen LogP contribution >= 0.6 is 11.6 Å². The zero-order valence-corrected chi connectivity index (χ0v) is 10.4. The van der Waals surface area contributed by atoms with Crippen LogP contribution in [0, 0.1) is 5.92 Å². The quantitative estimate of drug-likeness (QED) is 0.630. The van der Waals surface area contributed by atoms with Crippen molar-refractivity contribution in [2.75, 3.05) is 5.32 Å². The van der Waals surface area contributed by atoms with E-state index in [2.05, 4.69) is 11.9 Å². The molecule has 0 radical (unpaired) electrons. The molecule has 0 bridgehead atoms. The van der Waals surface area contributed by atoms with Crippen LogP contribution in [0.1, 0.15) is 19.3 Å². The molecule has 1 N–H and O–H groups in total. The van der Waals surface area contributed by atoms with Crippen molar-refractivity contribution < 1.29 is 4.79 Å². The smallest absolute Gasteiger partial charge is 0.231 e. The summed E-state index contributed by atoms with van der Waals surface area (Å²) in [5, 5.41) is 2.99. The molecular weight excluding hydrogens is 234 g/mol. The molecule has 0 saturated heterocycles. The Morgan fingerprint density at radius 2 is 2.06 bits per heavy atom. The number of hydrogen-bond donors (Lipinski definition) is 1. The molecule has 2 unspecified atom stereocenters. The first kappa shape index (κ1) is 12.2. The Morgan fingerprint density at radius 3 is 2.76 bits per heavy atom. The minimum absolute atomic E-state index is 0.00606. The summed E-state index contributed by atoms with van der Waals surface area (Å²) in [6, 6.07) is 9.47. The van der Waals surface area contributed by atoms with Gasteiger partial charge in [0.05, 0.1) is 5.92 Å². The van der Waals surface area contributed by atoms with E-state index in [1.807, 2.05) is 30.3 Å². The van der Waals surface area contributed by atoms with Crippen LogP contribution in [0.4, 0.5) is 5.69 Å². The zero-order valence-electron chi connectivity index (χ0n) is 9.66. The van der Waals surface area contributed by atoms with Crippen molar-refractivity contribution in [1.82, 2.24) is 0 Å². The number of amides is 1. The molecule has 1 aromatic rings. The molecule has 2 rings (SSSR count). The molecule has 1 saturated carbocycles. The molecular formula is C14H16ClNO. The molecule has 1 aliphatic carbocycles. The first-order valence-corrected chi connectivity index (χ1v) is 6.28. The van der Waals surface area contributed by atoms with E-state index in [0.717, 1.165) is 24.1 Å². The van der Waals surface area contributed by atoms with Crippen LogP contribution in [0.2, 0.25) is 0 Å². The second kappa shape index (κ2) is 5.37. The van der Waals surface area contributed by atoms with Gasteiger partial charge in [0.1, 0.15) is 0 Å². The molecule has 0 aromatic heterocycles. The van der Waals surface area contributed by atoms with Crippen molar-refractivity contribution in [2.45, 2.75) is 24.6 Å². The molecule has 1 aliphatic rings. The molecule has 0 heterocycles. The Bertz CT molecular complexity index is 415. The van der Waals surface area contributed by atoms with Crippen molar-refractivity contribution >= 4 is 23.2 Å². The van der Waals surface area contributed by atoms with Crippen LogP contribution in [-0.4, -0.2) is 11.3 Å². The van der Waals surface area contributed by atoms with Gasteiger partial charge in [-0.25, -0.2) is 0 Å². The highest BCUT2D eigenvalue weighted by Gasteiger charge is 2.28. The number of carbonyl (C=O) groups excluding carboxylic acids is 1. The summed E-state index contributed by atoms with van der Waals surface area (Å²) in [5.41, 5.74) is 1.82. The van der Waals surface area contributed by atoms with Gasteiger partial charge in [-0.15, -0.1) is 11.6 Å². The van der Waals surface area contributed by atoms with Crippen molar-refractivity contribution in [1.29, 1.82) is 0 Å². The van der Waals surface area contributed by atoms with Crippen molar-refractivity contribution in [2.24, 2.45) is 5.92 Å². The number of hydrogen-bond acceptors (Lipinski definition) is 1. The van der Waals surface area contributed by atoms with Gasteiger partial charge in [-0.1, -0.05) is 30.4 Å². The van der Waals surface area contributed by atoms with E-state index in [9.17, 15) is 4.79 Å². The maximum atomic E-state index is 12.1. The van der Waals surface area contributed by atoms with Crippen LogP contribution in [0.25, 0.3) is 0 Å². The number of rotatable bonds is 2. The number of nitrogens with one attached hydrogen (secondary N) is 1. The number of halogens is 1. The number of alkyl halides is 1. The van der Waals surface area contributed by atoms with E-state index in [1.54, 1.807) is 0 Å². The topological polar surface area (TPSA) is 29.1 Å². The van der Waals surface area contributed by atoms with Gasteiger partial charge >= 0.3 is 0 Å². The average Bonchev–Trinajstić information content (AvgIpc) is 2.33. The Hall–Kier alpha value is -1.28. The number of carbonyl (C=O) groups is 1. The SMILES string of the molecule is C=C1CCC(Cl)CC1C(=O)Nc1ccccc1. The minimum atomic E-state index is -0.147. The molecule has 0 spiro atoms. The van der Waals surface area contributed by atoms with E-state index in [-0.39, 0.29) is 17.2 Å². The fourth-order valence-corrected chi connectivity index (χ4v) is 2.39. The molecule has 17 heavy (non-hydrogen) atoms. The Labute approximate surface area is 107 Å². The molecule has 2 nitrogen and oxygen atoms in total. The van der Waals surface area contributed by atoms with Gasteiger partial charge in [0.15, 0.2) is 0 Å². The third-order valence-electron chi connectivity index (χ3n) is 3.12. The van der Waals surface area contributed by atoms with Crippen LogP contribution in [0.5, 0.6) is 0 Å². The van der Waals surface area contributed by atoms with Crippen molar-refractivity contribution in [3.8, 4) is 0 Å². The predicted molar refractivity (Wildman–Crippen MR) is 71.2 cm³/mol. The Morgan fingerprint density at radius 1 is 1.35 bits per heavy atom. The van der Waals surface area contributed by atoms with E-state index in [4.69, 9.17) is 11.6 Å². The molecule has 1 aromatic carbocycles. The van der Waals surface area contributed by atoms with Gasteiger partial charge in [-0.2, -0.15) is 0 Å². The number of anilines is 1. The summed E-state index contributed by atoms with van der Waals surface area (Å²) in [5.74, 6) is -0.141. The summed E-state index contributed by atoms with van der Waals surface area (Å²) in [6.45, 7) is 3.97. The first-order valence-electron chi connectivity index (χ1n) is 5.84. The van der Waals surface area contributed by atoms with Crippen LogP contribution < -0.4 is 5.32 Å². The monoisotopic (exact) mass is 249 g/mol. The van der Waals surface area contributed by atoms with Gasteiger partial charge in [-0.3, -0.25) is 4.79 Å². The predicted octanol–water partition coefficient (Wildman–Crippen LogP) is 3.59. The zero-order chi connectivity index (χ0) is 12.3. The summed E-state index contributed by atoms with van der Waals surface area (Å²) < 4.78 is 0. The summed E-state index contributed by atoms with van der Waals surface area (Å²) >= 11 is 6.10. The summed E-state index contributed by atoms with van der Waals surface area (Å²) in [4.78, 5) is 12.1. The Balaban J connectivity index is 2.02. The standard InChI is InChI=1S/C14H16ClNO/c1-10-7-8-11(15)9-13(10)14(17)16-12-5-3-2-4-6-12/h2-6,11,13H,1,7-9H2,(H,16,17). The summed E-state index contributed by atoms with van der Waals surface area (Å²) in [6.07, 6.45) is 2.47. The highest BCUT2D eigenvalue weighted by atomic mass is 35.5.